The molecule has 0 aliphatic carbocycles. The van der Waals surface area contributed by atoms with Crippen molar-refractivity contribution in [1.82, 2.24) is 4.90 Å². The maximum atomic E-state index is 5.42. The van der Waals surface area contributed by atoms with Crippen molar-refractivity contribution < 1.29 is 9.47 Å². The summed E-state index contributed by atoms with van der Waals surface area (Å²) < 4.78 is 10.8. The molecule has 1 heterocycles. The molecule has 0 atom stereocenters. The van der Waals surface area contributed by atoms with Crippen LogP contribution in [0.2, 0.25) is 0 Å². The van der Waals surface area contributed by atoms with Crippen LogP contribution in [0.3, 0.4) is 0 Å². The zero-order chi connectivity index (χ0) is 13.5. The van der Waals surface area contributed by atoms with E-state index in [9.17, 15) is 0 Å². The first-order valence-corrected chi connectivity index (χ1v) is 7.44. The molecule has 0 N–H and O–H groups in total. The van der Waals surface area contributed by atoms with Gasteiger partial charge >= 0.3 is 0 Å². The predicted molar refractivity (Wildman–Crippen MR) is 77.9 cm³/mol. The van der Waals surface area contributed by atoms with Crippen LogP contribution in [0.15, 0.2) is 18.2 Å². The summed E-state index contributed by atoms with van der Waals surface area (Å²) in [6.45, 7) is 8.41. The van der Waals surface area contributed by atoms with Crippen molar-refractivity contribution in [3.05, 3.63) is 23.8 Å². The molecule has 106 valence electrons. The van der Waals surface area contributed by atoms with Crippen LogP contribution in [-0.2, 0) is 6.42 Å². The summed E-state index contributed by atoms with van der Waals surface area (Å²) in [7, 11) is 0. The molecule has 3 nitrogen and oxygen atoms in total. The fourth-order valence-electron chi connectivity index (χ4n) is 2.42. The summed E-state index contributed by atoms with van der Waals surface area (Å²) in [4.78, 5) is 2.56. The summed E-state index contributed by atoms with van der Waals surface area (Å²) in [5.74, 6) is 1.77. The standard InChI is InChI=1S/C16H25NO2/c1-3-5-10-17(9-4-2)11-8-14-6-7-15-16(12-14)19-13-18-15/h6-7,12H,3-5,8-11,13H2,1-2H3. The molecule has 0 unspecified atom stereocenters. The van der Waals surface area contributed by atoms with E-state index < -0.39 is 0 Å². The van der Waals surface area contributed by atoms with Gasteiger partial charge in [-0.2, -0.15) is 0 Å². The molecule has 1 aliphatic heterocycles. The smallest absolute Gasteiger partial charge is 0.231 e. The summed E-state index contributed by atoms with van der Waals surface area (Å²) >= 11 is 0. The molecule has 0 fully saturated rings. The molecular formula is C16H25NO2. The molecule has 0 spiro atoms. The van der Waals surface area contributed by atoms with E-state index in [4.69, 9.17) is 9.47 Å². The summed E-state index contributed by atoms with van der Waals surface area (Å²) in [6, 6.07) is 6.29. The number of fused-ring (bicyclic) bond motifs is 1. The molecule has 1 aromatic rings. The highest BCUT2D eigenvalue weighted by molar-refractivity contribution is 5.44. The minimum absolute atomic E-state index is 0.358. The van der Waals surface area contributed by atoms with Crippen molar-refractivity contribution in [2.75, 3.05) is 26.4 Å². The Kier molecular flexibility index (Phi) is 5.52. The average molecular weight is 263 g/mol. The molecule has 0 saturated heterocycles. The van der Waals surface area contributed by atoms with E-state index in [1.807, 2.05) is 6.07 Å². The highest BCUT2D eigenvalue weighted by atomic mass is 16.7. The Hall–Kier alpha value is -1.22. The molecule has 0 bridgehead atoms. The van der Waals surface area contributed by atoms with Crippen molar-refractivity contribution in [2.24, 2.45) is 0 Å². The van der Waals surface area contributed by atoms with Gasteiger partial charge in [0.25, 0.3) is 0 Å². The zero-order valence-corrected chi connectivity index (χ0v) is 12.2. The molecular weight excluding hydrogens is 238 g/mol. The van der Waals surface area contributed by atoms with Crippen molar-refractivity contribution in [1.29, 1.82) is 0 Å². The number of unbranched alkanes of at least 4 members (excludes halogenated alkanes) is 1. The third-order valence-corrected chi connectivity index (χ3v) is 3.52. The maximum Gasteiger partial charge on any atom is 0.231 e. The molecule has 3 heteroatoms. The molecule has 0 aromatic heterocycles. The van der Waals surface area contributed by atoms with E-state index in [2.05, 4.69) is 30.9 Å². The molecule has 0 amide bonds. The van der Waals surface area contributed by atoms with Gasteiger partial charge < -0.3 is 14.4 Å². The van der Waals surface area contributed by atoms with E-state index in [1.165, 1.54) is 37.9 Å². The fourth-order valence-corrected chi connectivity index (χ4v) is 2.42. The van der Waals surface area contributed by atoms with Crippen LogP contribution in [-0.4, -0.2) is 31.3 Å². The van der Waals surface area contributed by atoms with Crippen LogP contribution in [0.25, 0.3) is 0 Å². The second-order valence-corrected chi connectivity index (χ2v) is 5.13. The molecule has 1 aromatic carbocycles. The number of hydrogen-bond donors (Lipinski definition) is 0. The van der Waals surface area contributed by atoms with Crippen LogP contribution in [0.1, 0.15) is 38.7 Å². The lowest BCUT2D eigenvalue weighted by Crippen LogP contribution is -2.28. The van der Waals surface area contributed by atoms with E-state index in [0.717, 1.165) is 24.5 Å². The molecule has 1 aliphatic rings. The summed E-state index contributed by atoms with van der Waals surface area (Å²) in [6.07, 6.45) is 4.87. The number of benzene rings is 1. The first-order valence-electron chi connectivity index (χ1n) is 7.44. The number of nitrogens with zero attached hydrogens (tertiary/aromatic N) is 1. The van der Waals surface area contributed by atoms with Gasteiger partial charge in [-0.1, -0.05) is 26.3 Å². The van der Waals surface area contributed by atoms with Gasteiger partial charge in [-0.25, -0.2) is 0 Å². The Labute approximate surface area is 116 Å². The monoisotopic (exact) mass is 263 g/mol. The van der Waals surface area contributed by atoms with Crippen molar-refractivity contribution in [3.63, 3.8) is 0 Å². The van der Waals surface area contributed by atoms with Gasteiger partial charge in [0, 0.05) is 6.54 Å². The van der Waals surface area contributed by atoms with Gasteiger partial charge in [-0.05, 0) is 50.0 Å². The minimum atomic E-state index is 0.358. The highest BCUT2D eigenvalue weighted by Crippen LogP contribution is 2.32. The largest absolute Gasteiger partial charge is 0.454 e. The second kappa shape index (κ2) is 7.39. The number of hydrogen-bond acceptors (Lipinski definition) is 3. The lowest BCUT2D eigenvalue weighted by atomic mass is 10.1. The van der Waals surface area contributed by atoms with Gasteiger partial charge in [0.15, 0.2) is 11.5 Å². The van der Waals surface area contributed by atoms with Crippen molar-refractivity contribution >= 4 is 0 Å². The average Bonchev–Trinajstić information content (AvgIpc) is 2.89. The zero-order valence-electron chi connectivity index (χ0n) is 12.2. The molecule has 2 rings (SSSR count). The highest BCUT2D eigenvalue weighted by Gasteiger charge is 2.13. The lowest BCUT2D eigenvalue weighted by molar-refractivity contribution is 0.174. The van der Waals surface area contributed by atoms with E-state index in [1.54, 1.807) is 0 Å². The summed E-state index contributed by atoms with van der Waals surface area (Å²) in [5.41, 5.74) is 1.34. The predicted octanol–water partition coefficient (Wildman–Crippen LogP) is 3.47. The Morgan fingerprint density at radius 3 is 2.63 bits per heavy atom. The van der Waals surface area contributed by atoms with Gasteiger partial charge in [0.1, 0.15) is 0 Å². The first kappa shape index (κ1) is 14.2. The summed E-state index contributed by atoms with van der Waals surface area (Å²) in [5, 5.41) is 0. The van der Waals surface area contributed by atoms with Gasteiger partial charge in [-0.3, -0.25) is 0 Å². The van der Waals surface area contributed by atoms with E-state index >= 15 is 0 Å². The van der Waals surface area contributed by atoms with Crippen LogP contribution < -0.4 is 9.47 Å². The fraction of sp³-hybridized carbons (Fsp3) is 0.625. The Bertz CT molecular complexity index is 392. The van der Waals surface area contributed by atoms with E-state index in [-0.39, 0.29) is 0 Å². The quantitative estimate of drug-likeness (QED) is 0.717. The molecule has 19 heavy (non-hydrogen) atoms. The Morgan fingerprint density at radius 2 is 1.84 bits per heavy atom. The lowest BCUT2D eigenvalue weighted by Gasteiger charge is -2.21. The number of ether oxygens (including phenoxy) is 2. The Morgan fingerprint density at radius 1 is 1.00 bits per heavy atom. The van der Waals surface area contributed by atoms with Crippen molar-refractivity contribution in [3.8, 4) is 11.5 Å². The second-order valence-electron chi connectivity index (χ2n) is 5.13. The first-order chi connectivity index (χ1) is 9.33. The Balaban J connectivity index is 1.85. The van der Waals surface area contributed by atoms with Gasteiger partial charge in [0.2, 0.25) is 6.79 Å². The third-order valence-electron chi connectivity index (χ3n) is 3.52. The minimum Gasteiger partial charge on any atom is -0.454 e. The van der Waals surface area contributed by atoms with E-state index in [0.29, 0.717) is 6.79 Å². The van der Waals surface area contributed by atoms with Gasteiger partial charge in [0.05, 0.1) is 0 Å². The van der Waals surface area contributed by atoms with Crippen LogP contribution in [0.5, 0.6) is 11.5 Å². The maximum absolute atomic E-state index is 5.42. The third kappa shape index (κ3) is 4.13. The van der Waals surface area contributed by atoms with Crippen molar-refractivity contribution in [2.45, 2.75) is 39.5 Å². The van der Waals surface area contributed by atoms with Gasteiger partial charge in [-0.15, -0.1) is 0 Å². The SMILES string of the molecule is CCCCN(CCC)CCc1ccc2c(c1)OCO2. The topological polar surface area (TPSA) is 21.7 Å². The van der Waals surface area contributed by atoms with Crippen LogP contribution in [0.4, 0.5) is 0 Å². The molecule has 0 radical (unpaired) electrons. The number of rotatable bonds is 8. The molecule has 0 saturated carbocycles. The van der Waals surface area contributed by atoms with Crippen LogP contribution >= 0.6 is 0 Å². The van der Waals surface area contributed by atoms with Crippen LogP contribution in [0, 0.1) is 0 Å². The normalized spacial score (nSPS) is 13.2.